The predicted octanol–water partition coefficient (Wildman–Crippen LogP) is 0.402. The van der Waals surface area contributed by atoms with E-state index in [1.165, 1.54) is 6.92 Å². The van der Waals surface area contributed by atoms with E-state index >= 15 is 0 Å². The van der Waals surface area contributed by atoms with Crippen LogP contribution >= 0.6 is 0 Å². The van der Waals surface area contributed by atoms with Crippen LogP contribution in [0.2, 0.25) is 0 Å². The first kappa shape index (κ1) is 12.5. The summed E-state index contributed by atoms with van der Waals surface area (Å²) in [7, 11) is 0. The molecule has 0 amide bonds. The first-order valence-corrected chi connectivity index (χ1v) is 3.55. The molecule has 3 nitrogen and oxygen atoms in total. The average Bonchev–Trinajstić information content (AvgIpc) is 1.91. The summed E-state index contributed by atoms with van der Waals surface area (Å²) >= 11 is 0. The molecule has 0 aliphatic rings. The topological polar surface area (TPSA) is 49.7 Å². The van der Waals surface area contributed by atoms with Crippen molar-refractivity contribution in [3.8, 4) is 0 Å². The normalized spacial score (nSPS) is 11.7. The van der Waals surface area contributed by atoms with Crippen LogP contribution in [0.4, 0.5) is 0 Å². The van der Waals surface area contributed by atoms with Crippen molar-refractivity contribution in [2.75, 3.05) is 19.8 Å². The minimum atomic E-state index is -0.560. The molecule has 1 atom stereocenters. The highest BCUT2D eigenvalue weighted by atomic mass is 16.5. The molecule has 10 heavy (non-hydrogen) atoms. The molecule has 0 aliphatic heterocycles. The third-order valence-corrected chi connectivity index (χ3v) is 0.672. The molecule has 3 heteroatoms. The summed E-state index contributed by atoms with van der Waals surface area (Å²) in [4.78, 5) is 0. The Kier molecular flexibility index (Phi) is 14.6. The van der Waals surface area contributed by atoms with Crippen molar-refractivity contribution >= 4 is 0 Å². The van der Waals surface area contributed by atoms with Crippen LogP contribution in [-0.4, -0.2) is 36.1 Å². The van der Waals surface area contributed by atoms with E-state index in [1.54, 1.807) is 0 Å². The number of hydrogen-bond acceptors (Lipinski definition) is 3. The van der Waals surface area contributed by atoms with Crippen LogP contribution < -0.4 is 0 Å². The molecule has 0 aliphatic carbocycles. The Bertz CT molecular complexity index is 44.1. The smallest absolute Gasteiger partial charge is 0.0742 e. The molecule has 0 spiro atoms. The molecule has 0 saturated heterocycles. The molecule has 0 aromatic rings. The van der Waals surface area contributed by atoms with Gasteiger partial charge < -0.3 is 14.9 Å². The lowest BCUT2D eigenvalue weighted by molar-refractivity contribution is 0.110. The van der Waals surface area contributed by atoms with Crippen molar-refractivity contribution in [2.24, 2.45) is 0 Å². The second kappa shape index (κ2) is 11.6. The molecule has 2 N–H and O–H groups in total. The van der Waals surface area contributed by atoms with Gasteiger partial charge in [0.1, 0.15) is 0 Å². The molecule has 0 aromatic heterocycles. The van der Waals surface area contributed by atoms with Gasteiger partial charge in [0.15, 0.2) is 0 Å². The minimum absolute atomic E-state index is 0.139. The molecule has 0 fully saturated rings. The van der Waals surface area contributed by atoms with Gasteiger partial charge in [0.05, 0.1) is 12.7 Å². The highest BCUT2D eigenvalue weighted by Gasteiger charge is 1.83. The largest absolute Gasteiger partial charge is 0.394 e. The van der Waals surface area contributed by atoms with Gasteiger partial charge >= 0.3 is 0 Å². The highest BCUT2D eigenvalue weighted by Crippen LogP contribution is 1.68. The van der Waals surface area contributed by atoms with Crippen molar-refractivity contribution in [1.29, 1.82) is 0 Å². The second-order valence-corrected chi connectivity index (χ2v) is 1.81. The van der Waals surface area contributed by atoms with E-state index in [0.717, 1.165) is 13.2 Å². The summed E-state index contributed by atoms with van der Waals surface area (Å²) in [6.45, 7) is 7.06. The zero-order chi connectivity index (χ0) is 8.41. The lowest BCUT2D eigenvalue weighted by Crippen LogP contribution is -2.03. The number of ether oxygens (including phenoxy) is 1. The number of rotatable bonds is 3. The van der Waals surface area contributed by atoms with Gasteiger partial charge in [0.25, 0.3) is 0 Å². The van der Waals surface area contributed by atoms with E-state index in [4.69, 9.17) is 14.9 Å². The number of aliphatic hydroxyl groups excluding tert-OH is 2. The van der Waals surface area contributed by atoms with Crippen molar-refractivity contribution < 1.29 is 14.9 Å². The fourth-order valence-electron chi connectivity index (χ4n) is 0.204. The fraction of sp³-hybridized carbons (Fsp3) is 1.00. The van der Waals surface area contributed by atoms with Crippen molar-refractivity contribution in [3.63, 3.8) is 0 Å². The van der Waals surface area contributed by atoms with Gasteiger partial charge in [-0.25, -0.2) is 0 Å². The maximum Gasteiger partial charge on any atom is 0.0742 e. The molecule has 0 radical (unpaired) electrons. The van der Waals surface area contributed by atoms with E-state index in [0.29, 0.717) is 0 Å². The second-order valence-electron chi connectivity index (χ2n) is 1.81. The van der Waals surface area contributed by atoms with Gasteiger partial charge in [0, 0.05) is 13.2 Å². The Balaban J connectivity index is 0. The van der Waals surface area contributed by atoms with E-state index in [9.17, 15) is 0 Å². The lowest BCUT2D eigenvalue weighted by Gasteiger charge is -1.90. The molecule has 0 heterocycles. The first-order valence-electron chi connectivity index (χ1n) is 3.55. The molecule has 0 bridgehead atoms. The number of aliphatic hydroxyl groups is 2. The molecular weight excluding hydrogens is 132 g/mol. The van der Waals surface area contributed by atoms with Crippen LogP contribution in [-0.2, 0) is 4.74 Å². The number of hydrogen-bond donors (Lipinski definition) is 2. The lowest BCUT2D eigenvalue weighted by atomic mass is 10.5. The van der Waals surface area contributed by atoms with E-state index in [1.807, 2.05) is 13.8 Å². The van der Waals surface area contributed by atoms with Gasteiger partial charge in [-0.3, -0.25) is 0 Å². The van der Waals surface area contributed by atoms with Crippen molar-refractivity contribution in [1.82, 2.24) is 0 Å². The standard InChI is InChI=1S/C4H10O.C3H8O2/c1-3-5-4-2;1-3(5)2-4/h3-4H2,1-2H3;3-5H,2H2,1H3. The molecule has 1 unspecified atom stereocenters. The van der Waals surface area contributed by atoms with Crippen LogP contribution in [0.3, 0.4) is 0 Å². The monoisotopic (exact) mass is 150 g/mol. The molecule has 64 valence electrons. The van der Waals surface area contributed by atoms with Gasteiger partial charge in [0.2, 0.25) is 0 Å². The van der Waals surface area contributed by atoms with E-state index in [-0.39, 0.29) is 6.61 Å². The Labute approximate surface area is 62.6 Å². The summed E-state index contributed by atoms with van der Waals surface area (Å²) in [5, 5.41) is 16.0. The summed E-state index contributed by atoms with van der Waals surface area (Å²) in [6.07, 6.45) is -0.560. The Morgan fingerprint density at radius 3 is 1.60 bits per heavy atom. The van der Waals surface area contributed by atoms with Crippen LogP contribution in [0, 0.1) is 0 Å². The molecular formula is C7H18O3. The zero-order valence-electron chi connectivity index (χ0n) is 7.00. The van der Waals surface area contributed by atoms with Crippen molar-refractivity contribution in [3.05, 3.63) is 0 Å². The SMILES string of the molecule is CC(O)CO.CCOCC. The Hall–Kier alpha value is -0.120. The van der Waals surface area contributed by atoms with Gasteiger partial charge in [-0.05, 0) is 20.8 Å². The van der Waals surface area contributed by atoms with Crippen LogP contribution in [0.5, 0.6) is 0 Å². The minimum Gasteiger partial charge on any atom is -0.394 e. The zero-order valence-corrected chi connectivity index (χ0v) is 7.00. The van der Waals surface area contributed by atoms with E-state index < -0.39 is 6.10 Å². The molecule has 0 aromatic carbocycles. The quantitative estimate of drug-likeness (QED) is 0.612. The van der Waals surface area contributed by atoms with Crippen molar-refractivity contribution in [2.45, 2.75) is 26.9 Å². The summed E-state index contributed by atoms with van der Waals surface area (Å²) in [5.74, 6) is 0. The first-order chi connectivity index (χ1) is 4.68. The fourth-order valence-corrected chi connectivity index (χ4v) is 0.204. The Morgan fingerprint density at radius 1 is 1.30 bits per heavy atom. The Morgan fingerprint density at radius 2 is 1.60 bits per heavy atom. The van der Waals surface area contributed by atoms with Gasteiger partial charge in [-0.1, -0.05) is 0 Å². The summed E-state index contributed by atoms with van der Waals surface area (Å²) in [6, 6.07) is 0. The third kappa shape index (κ3) is 24.8. The summed E-state index contributed by atoms with van der Waals surface area (Å²) < 4.78 is 4.83. The molecule has 0 rings (SSSR count). The molecule has 0 saturated carbocycles. The van der Waals surface area contributed by atoms with Crippen LogP contribution in [0.25, 0.3) is 0 Å². The van der Waals surface area contributed by atoms with Crippen LogP contribution in [0.1, 0.15) is 20.8 Å². The van der Waals surface area contributed by atoms with Gasteiger partial charge in [-0.15, -0.1) is 0 Å². The predicted molar refractivity (Wildman–Crippen MR) is 40.9 cm³/mol. The van der Waals surface area contributed by atoms with Crippen LogP contribution in [0.15, 0.2) is 0 Å². The van der Waals surface area contributed by atoms with E-state index in [2.05, 4.69) is 0 Å². The maximum atomic E-state index is 8.11. The maximum absolute atomic E-state index is 8.11. The summed E-state index contributed by atoms with van der Waals surface area (Å²) in [5.41, 5.74) is 0. The average molecular weight is 150 g/mol. The van der Waals surface area contributed by atoms with Gasteiger partial charge in [-0.2, -0.15) is 0 Å². The third-order valence-electron chi connectivity index (χ3n) is 0.672. The highest BCUT2D eigenvalue weighted by molar-refractivity contribution is 4.34.